The smallest absolute Gasteiger partial charge is 0.291 e. The average Bonchev–Trinajstić information content (AvgIpc) is 3.52. The number of benzene rings is 2. The first-order chi connectivity index (χ1) is 16.5. The lowest BCUT2D eigenvalue weighted by molar-refractivity contribution is 0.0504. The first-order valence-corrected chi connectivity index (χ1v) is 10.7. The van der Waals surface area contributed by atoms with Gasteiger partial charge < -0.3 is 24.0 Å². The predicted octanol–water partition coefficient (Wildman–Crippen LogP) is 4.02. The summed E-state index contributed by atoms with van der Waals surface area (Å²) in [5.74, 6) is -1.82. The van der Waals surface area contributed by atoms with Crippen LogP contribution >= 0.6 is 0 Å². The maximum absolute atomic E-state index is 14.1. The quantitative estimate of drug-likeness (QED) is 0.495. The van der Waals surface area contributed by atoms with Crippen LogP contribution in [-0.2, 0) is 0 Å². The molecule has 2 aromatic carbocycles. The van der Waals surface area contributed by atoms with E-state index in [0.29, 0.717) is 24.1 Å². The first-order valence-electron chi connectivity index (χ1n) is 10.7. The molecule has 0 bridgehead atoms. The van der Waals surface area contributed by atoms with Gasteiger partial charge >= 0.3 is 0 Å². The highest BCUT2D eigenvalue weighted by molar-refractivity contribution is 6.14. The molecule has 8 nitrogen and oxygen atoms in total. The van der Waals surface area contributed by atoms with Crippen molar-refractivity contribution < 1.29 is 27.6 Å². The van der Waals surface area contributed by atoms with E-state index in [2.05, 4.69) is 5.32 Å². The van der Waals surface area contributed by atoms with Crippen molar-refractivity contribution >= 4 is 34.4 Å². The molecule has 0 spiro atoms. The van der Waals surface area contributed by atoms with E-state index in [9.17, 15) is 18.8 Å². The molecule has 9 heteroatoms. The molecule has 3 heterocycles. The third-order valence-electron chi connectivity index (χ3n) is 5.73. The number of fused-ring (bicyclic) bond motifs is 1. The Bertz CT molecular complexity index is 1370. The number of carbonyl (C=O) groups excluding carboxylic acids is 3. The minimum atomic E-state index is -0.687. The van der Waals surface area contributed by atoms with Crippen molar-refractivity contribution in [3.05, 3.63) is 89.8 Å². The molecule has 3 amide bonds. The standard InChI is InChI=1S/C25H20FN3O5/c26-18-8-3-1-6-16(18)23(30)27-21-17-7-2-4-9-19(17)34-22(21)25(32)29-13-11-28(12-14-29)24(31)20-10-5-15-33-20/h1-10,15H,11-14H2,(H,27,30). The predicted molar refractivity (Wildman–Crippen MR) is 121 cm³/mol. The Kier molecular flexibility index (Phi) is 5.59. The third kappa shape index (κ3) is 3.92. The normalized spacial score (nSPS) is 13.8. The number of anilines is 1. The summed E-state index contributed by atoms with van der Waals surface area (Å²) in [5.41, 5.74) is 0.459. The largest absolute Gasteiger partial charge is 0.459 e. The van der Waals surface area contributed by atoms with Crippen LogP contribution in [0.1, 0.15) is 31.5 Å². The lowest BCUT2D eigenvalue weighted by Crippen LogP contribution is -2.50. The zero-order valence-corrected chi connectivity index (χ0v) is 18.0. The van der Waals surface area contributed by atoms with Gasteiger partial charge in [-0.15, -0.1) is 0 Å². The third-order valence-corrected chi connectivity index (χ3v) is 5.73. The minimum absolute atomic E-state index is 0.0447. The molecule has 34 heavy (non-hydrogen) atoms. The zero-order chi connectivity index (χ0) is 23.7. The van der Waals surface area contributed by atoms with Crippen molar-refractivity contribution in [2.75, 3.05) is 31.5 Å². The highest BCUT2D eigenvalue weighted by atomic mass is 19.1. The summed E-state index contributed by atoms with van der Waals surface area (Å²) < 4.78 is 25.1. The van der Waals surface area contributed by atoms with Crippen molar-refractivity contribution in [3.8, 4) is 0 Å². The van der Waals surface area contributed by atoms with Crippen LogP contribution in [0.15, 0.2) is 75.8 Å². The SMILES string of the molecule is O=C(Nc1c(C(=O)N2CCN(C(=O)c3ccco3)CC2)oc2ccccc12)c1ccccc1F. The number of amides is 3. The number of hydrogen-bond donors (Lipinski definition) is 1. The topological polar surface area (TPSA) is 96.0 Å². The molecule has 0 radical (unpaired) electrons. The summed E-state index contributed by atoms with van der Waals surface area (Å²) in [7, 11) is 0. The fourth-order valence-electron chi connectivity index (χ4n) is 3.96. The number of nitrogens with zero attached hydrogens (tertiary/aromatic N) is 2. The molecule has 1 aliphatic heterocycles. The van der Waals surface area contributed by atoms with Crippen molar-refractivity contribution in [1.29, 1.82) is 0 Å². The second kappa shape index (κ2) is 8.86. The van der Waals surface area contributed by atoms with Gasteiger partial charge in [-0.1, -0.05) is 24.3 Å². The van der Waals surface area contributed by atoms with Crippen molar-refractivity contribution in [1.82, 2.24) is 9.80 Å². The van der Waals surface area contributed by atoms with Gasteiger partial charge in [0.15, 0.2) is 5.76 Å². The van der Waals surface area contributed by atoms with E-state index in [1.807, 2.05) is 0 Å². The Morgan fingerprint density at radius 2 is 1.50 bits per heavy atom. The summed E-state index contributed by atoms with van der Waals surface area (Å²) >= 11 is 0. The molecule has 0 unspecified atom stereocenters. The molecule has 0 atom stereocenters. The molecule has 0 saturated carbocycles. The van der Waals surface area contributed by atoms with E-state index in [4.69, 9.17) is 8.83 Å². The van der Waals surface area contributed by atoms with Gasteiger partial charge in [-0.3, -0.25) is 14.4 Å². The molecule has 1 N–H and O–H groups in total. The van der Waals surface area contributed by atoms with E-state index in [1.165, 1.54) is 24.5 Å². The lowest BCUT2D eigenvalue weighted by atomic mass is 10.1. The Morgan fingerprint density at radius 3 is 2.21 bits per heavy atom. The maximum atomic E-state index is 14.1. The molecule has 4 aromatic rings. The molecule has 1 fully saturated rings. The molecule has 1 saturated heterocycles. The van der Waals surface area contributed by atoms with Crippen molar-refractivity contribution in [2.45, 2.75) is 0 Å². The van der Waals surface area contributed by atoms with Gasteiger partial charge in [0.05, 0.1) is 11.8 Å². The first kappa shape index (κ1) is 21.4. The van der Waals surface area contributed by atoms with Crippen LogP contribution in [0, 0.1) is 5.82 Å². The molecular formula is C25H20FN3O5. The maximum Gasteiger partial charge on any atom is 0.291 e. The van der Waals surface area contributed by atoms with Gasteiger partial charge in [0.25, 0.3) is 17.7 Å². The number of furan rings is 2. The Morgan fingerprint density at radius 1 is 0.824 bits per heavy atom. The average molecular weight is 461 g/mol. The van der Waals surface area contributed by atoms with Crippen LogP contribution in [0.25, 0.3) is 11.0 Å². The van der Waals surface area contributed by atoms with Crippen LogP contribution in [0.4, 0.5) is 10.1 Å². The molecule has 0 aliphatic carbocycles. The number of nitrogens with one attached hydrogen (secondary N) is 1. The van der Waals surface area contributed by atoms with Crippen LogP contribution in [0.2, 0.25) is 0 Å². The highest BCUT2D eigenvalue weighted by Gasteiger charge is 2.31. The van der Waals surface area contributed by atoms with E-state index in [-0.39, 0.29) is 41.8 Å². The summed E-state index contributed by atoms with van der Waals surface area (Å²) in [6.45, 7) is 1.21. The fraction of sp³-hybridized carbons (Fsp3) is 0.160. The van der Waals surface area contributed by atoms with Crippen molar-refractivity contribution in [3.63, 3.8) is 0 Å². The monoisotopic (exact) mass is 461 g/mol. The molecular weight excluding hydrogens is 441 g/mol. The highest BCUT2D eigenvalue weighted by Crippen LogP contribution is 2.32. The summed E-state index contributed by atoms with van der Waals surface area (Å²) in [6.07, 6.45) is 1.44. The van der Waals surface area contributed by atoms with Crippen LogP contribution in [0.5, 0.6) is 0 Å². The number of hydrogen-bond acceptors (Lipinski definition) is 5. The van der Waals surface area contributed by atoms with E-state index in [1.54, 1.807) is 52.3 Å². The van der Waals surface area contributed by atoms with Gasteiger partial charge in [-0.25, -0.2) is 4.39 Å². The summed E-state index contributed by atoms with van der Waals surface area (Å²) in [4.78, 5) is 41.8. The fourth-order valence-corrected chi connectivity index (χ4v) is 3.96. The minimum Gasteiger partial charge on any atom is -0.459 e. The number of rotatable bonds is 4. The molecule has 172 valence electrons. The van der Waals surface area contributed by atoms with E-state index >= 15 is 0 Å². The Balaban J connectivity index is 1.38. The van der Waals surface area contributed by atoms with Gasteiger partial charge in [-0.2, -0.15) is 0 Å². The Labute approximate surface area is 193 Å². The lowest BCUT2D eigenvalue weighted by Gasteiger charge is -2.34. The number of piperazine rings is 1. The van der Waals surface area contributed by atoms with Crippen molar-refractivity contribution in [2.24, 2.45) is 0 Å². The zero-order valence-electron chi connectivity index (χ0n) is 18.0. The van der Waals surface area contributed by atoms with Crippen LogP contribution < -0.4 is 5.32 Å². The molecule has 1 aliphatic rings. The van der Waals surface area contributed by atoms with Crippen LogP contribution in [0.3, 0.4) is 0 Å². The van der Waals surface area contributed by atoms with Crippen LogP contribution in [-0.4, -0.2) is 53.7 Å². The summed E-state index contributed by atoms with van der Waals surface area (Å²) in [5, 5.41) is 3.19. The summed E-state index contributed by atoms with van der Waals surface area (Å²) in [6, 6.07) is 15.8. The number of para-hydroxylation sites is 1. The van der Waals surface area contributed by atoms with Gasteiger partial charge in [-0.05, 0) is 36.4 Å². The van der Waals surface area contributed by atoms with E-state index in [0.717, 1.165) is 0 Å². The molecule has 5 rings (SSSR count). The Hall–Kier alpha value is -4.40. The second-order valence-electron chi connectivity index (χ2n) is 7.80. The van der Waals surface area contributed by atoms with Gasteiger partial charge in [0.2, 0.25) is 5.76 Å². The van der Waals surface area contributed by atoms with E-state index < -0.39 is 17.6 Å². The second-order valence-corrected chi connectivity index (χ2v) is 7.80. The van der Waals surface area contributed by atoms with Gasteiger partial charge in [0.1, 0.15) is 17.1 Å². The number of carbonyl (C=O) groups is 3. The van der Waals surface area contributed by atoms with Gasteiger partial charge in [0, 0.05) is 31.6 Å². The number of halogens is 1. The molecule has 2 aromatic heterocycles.